The molecular formula is C11H17N5S. The fourth-order valence-corrected chi connectivity index (χ4v) is 2.61. The molecule has 5 nitrogen and oxygen atoms in total. The highest BCUT2D eigenvalue weighted by atomic mass is 32.1. The van der Waals surface area contributed by atoms with Crippen LogP contribution in [-0.4, -0.2) is 20.0 Å². The summed E-state index contributed by atoms with van der Waals surface area (Å²) in [6.45, 7) is 9.00. The first-order chi connectivity index (χ1) is 7.88. The molecule has 0 aromatic carbocycles. The van der Waals surface area contributed by atoms with Crippen molar-refractivity contribution in [3.63, 3.8) is 0 Å². The van der Waals surface area contributed by atoms with Gasteiger partial charge in [-0.3, -0.25) is 0 Å². The second kappa shape index (κ2) is 4.10. The fourth-order valence-electron chi connectivity index (χ4n) is 1.83. The van der Waals surface area contributed by atoms with Gasteiger partial charge in [-0.15, -0.1) is 16.4 Å². The zero-order valence-corrected chi connectivity index (χ0v) is 11.4. The third kappa shape index (κ3) is 2.46. The average Bonchev–Trinajstić information content (AvgIpc) is 2.73. The van der Waals surface area contributed by atoms with Gasteiger partial charge in [0.1, 0.15) is 0 Å². The maximum absolute atomic E-state index is 5.88. The van der Waals surface area contributed by atoms with E-state index in [9.17, 15) is 0 Å². The maximum Gasteiger partial charge on any atom is 0.169 e. The maximum atomic E-state index is 5.88. The minimum Gasteiger partial charge on any atom is -0.381 e. The number of nitrogen functional groups attached to an aromatic ring is 1. The minimum atomic E-state index is -0.0622. The Balaban J connectivity index is 2.34. The first-order valence-electron chi connectivity index (χ1n) is 5.48. The summed E-state index contributed by atoms with van der Waals surface area (Å²) in [5.41, 5.74) is 6.79. The molecule has 2 aromatic heterocycles. The van der Waals surface area contributed by atoms with Gasteiger partial charge in [0.05, 0.1) is 17.2 Å². The van der Waals surface area contributed by atoms with E-state index in [1.807, 2.05) is 17.8 Å². The number of nitrogens with two attached hydrogens (primary N) is 1. The predicted molar refractivity (Wildman–Crippen MR) is 69.1 cm³/mol. The van der Waals surface area contributed by atoms with E-state index in [1.54, 1.807) is 11.3 Å². The summed E-state index contributed by atoms with van der Waals surface area (Å²) >= 11 is 1.67. The molecule has 2 rings (SSSR count). The monoisotopic (exact) mass is 251 g/mol. The number of thiazole rings is 1. The molecule has 2 heterocycles. The average molecular weight is 251 g/mol. The van der Waals surface area contributed by atoms with Crippen LogP contribution in [0.25, 0.3) is 0 Å². The van der Waals surface area contributed by atoms with Crippen LogP contribution in [0.5, 0.6) is 0 Å². The number of hydrogen-bond donors (Lipinski definition) is 1. The quantitative estimate of drug-likeness (QED) is 0.886. The Kier molecular flexibility index (Phi) is 2.91. The van der Waals surface area contributed by atoms with Crippen LogP contribution in [0.4, 0.5) is 5.82 Å². The Hall–Kier alpha value is -1.43. The van der Waals surface area contributed by atoms with Gasteiger partial charge in [0, 0.05) is 16.5 Å². The molecule has 2 N–H and O–H groups in total. The van der Waals surface area contributed by atoms with Gasteiger partial charge in [0.25, 0.3) is 0 Å². The molecule has 0 saturated carbocycles. The third-order valence-electron chi connectivity index (χ3n) is 2.45. The zero-order valence-electron chi connectivity index (χ0n) is 10.6. The van der Waals surface area contributed by atoms with Crippen molar-refractivity contribution in [1.82, 2.24) is 20.0 Å². The lowest BCUT2D eigenvalue weighted by molar-refractivity contribution is 0.504. The van der Waals surface area contributed by atoms with Crippen LogP contribution in [-0.2, 0) is 12.0 Å². The summed E-state index contributed by atoms with van der Waals surface area (Å²) in [5, 5.41) is 9.13. The van der Waals surface area contributed by atoms with Crippen molar-refractivity contribution in [1.29, 1.82) is 0 Å². The number of hydrogen-bond acceptors (Lipinski definition) is 5. The number of aromatic nitrogens is 4. The topological polar surface area (TPSA) is 69.6 Å². The van der Waals surface area contributed by atoms with E-state index in [-0.39, 0.29) is 5.41 Å². The van der Waals surface area contributed by atoms with Crippen LogP contribution >= 0.6 is 11.3 Å². The van der Waals surface area contributed by atoms with Crippen LogP contribution in [0.3, 0.4) is 0 Å². The lowest BCUT2D eigenvalue weighted by Gasteiger charge is -2.19. The van der Waals surface area contributed by atoms with Crippen molar-refractivity contribution < 1.29 is 0 Å². The number of anilines is 1. The molecule has 6 heteroatoms. The summed E-state index contributed by atoms with van der Waals surface area (Å²) in [4.78, 5) is 5.40. The Morgan fingerprint density at radius 2 is 2.12 bits per heavy atom. The molecule has 0 aliphatic rings. The molecule has 17 heavy (non-hydrogen) atoms. The summed E-state index contributed by atoms with van der Waals surface area (Å²) < 4.78 is 1.86. The Morgan fingerprint density at radius 3 is 2.65 bits per heavy atom. The van der Waals surface area contributed by atoms with Crippen LogP contribution < -0.4 is 5.73 Å². The molecule has 2 aromatic rings. The molecule has 0 saturated heterocycles. The molecule has 0 atom stereocenters. The SMILES string of the molecule is Cc1ncc(Cn2nnc(N)c2C(C)(C)C)s1. The van der Waals surface area contributed by atoms with E-state index < -0.39 is 0 Å². The van der Waals surface area contributed by atoms with Crippen molar-refractivity contribution in [2.45, 2.75) is 39.7 Å². The van der Waals surface area contributed by atoms with Crippen LogP contribution in [0.2, 0.25) is 0 Å². The molecule has 0 amide bonds. The summed E-state index contributed by atoms with van der Waals surface area (Å²) in [6, 6.07) is 0. The van der Waals surface area contributed by atoms with Crippen LogP contribution in [0.1, 0.15) is 36.3 Å². The summed E-state index contributed by atoms with van der Waals surface area (Å²) in [7, 11) is 0. The molecule has 0 spiro atoms. The van der Waals surface area contributed by atoms with Crippen molar-refractivity contribution >= 4 is 17.2 Å². The van der Waals surface area contributed by atoms with Crippen LogP contribution in [0, 0.1) is 6.92 Å². The summed E-state index contributed by atoms with van der Waals surface area (Å²) in [5.74, 6) is 0.513. The second-order valence-corrected chi connectivity index (χ2v) is 6.40. The highest BCUT2D eigenvalue weighted by Gasteiger charge is 2.24. The summed E-state index contributed by atoms with van der Waals surface area (Å²) in [6.07, 6.45) is 1.88. The predicted octanol–water partition coefficient (Wildman–Crippen LogP) is 1.97. The van der Waals surface area contributed by atoms with E-state index in [4.69, 9.17) is 5.73 Å². The Bertz CT molecular complexity index is 520. The standard InChI is InChI=1S/C11H17N5S/c1-7-13-5-8(17-7)6-16-9(11(2,3)4)10(12)14-15-16/h5H,6,12H2,1-4H3. The van der Waals surface area contributed by atoms with Crippen molar-refractivity contribution in [2.24, 2.45) is 0 Å². The smallest absolute Gasteiger partial charge is 0.169 e. The lowest BCUT2D eigenvalue weighted by atomic mass is 9.92. The normalized spacial score (nSPS) is 12.0. The molecular weight excluding hydrogens is 234 g/mol. The second-order valence-electron chi connectivity index (χ2n) is 5.08. The van der Waals surface area contributed by atoms with Gasteiger partial charge in [0.2, 0.25) is 0 Å². The molecule has 0 aliphatic heterocycles. The molecule has 0 aliphatic carbocycles. The molecule has 0 fully saturated rings. The zero-order chi connectivity index (χ0) is 12.6. The van der Waals surface area contributed by atoms with Crippen molar-refractivity contribution in [3.8, 4) is 0 Å². The van der Waals surface area contributed by atoms with Crippen molar-refractivity contribution in [3.05, 3.63) is 21.8 Å². The lowest BCUT2D eigenvalue weighted by Crippen LogP contribution is -2.20. The number of nitrogens with zero attached hydrogens (tertiary/aromatic N) is 4. The highest BCUT2D eigenvalue weighted by Crippen LogP contribution is 2.27. The Labute approximate surface area is 105 Å². The van der Waals surface area contributed by atoms with Crippen LogP contribution in [0.15, 0.2) is 6.20 Å². The third-order valence-corrected chi connectivity index (χ3v) is 3.34. The van der Waals surface area contributed by atoms with Gasteiger partial charge in [-0.05, 0) is 6.92 Å². The fraction of sp³-hybridized carbons (Fsp3) is 0.545. The van der Waals surface area contributed by atoms with E-state index in [0.717, 1.165) is 15.6 Å². The van der Waals surface area contributed by atoms with Crippen molar-refractivity contribution in [2.75, 3.05) is 5.73 Å². The Morgan fingerprint density at radius 1 is 1.41 bits per heavy atom. The van der Waals surface area contributed by atoms with Gasteiger partial charge < -0.3 is 5.73 Å². The molecule has 0 radical (unpaired) electrons. The van der Waals surface area contributed by atoms with Gasteiger partial charge in [-0.25, -0.2) is 9.67 Å². The molecule has 0 bridgehead atoms. The van der Waals surface area contributed by atoms with Gasteiger partial charge in [-0.1, -0.05) is 26.0 Å². The van der Waals surface area contributed by atoms with Gasteiger partial charge >= 0.3 is 0 Å². The first kappa shape index (κ1) is 12.0. The number of rotatable bonds is 2. The molecule has 0 unspecified atom stereocenters. The number of aryl methyl sites for hydroxylation is 1. The van der Waals surface area contributed by atoms with Gasteiger partial charge in [0.15, 0.2) is 5.82 Å². The molecule has 92 valence electrons. The van der Waals surface area contributed by atoms with E-state index in [0.29, 0.717) is 12.4 Å². The first-order valence-corrected chi connectivity index (χ1v) is 6.30. The van der Waals surface area contributed by atoms with E-state index in [1.165, 1.54) is 0 Å². The van der Waals surface area contributed by atoms with E-state index >= 15 is 0 Å². The minimum absolute atomic E-state index is 0.0622. The van der Waals surface area contributed by atoms with Gasteiger partial charge in [-0.2, -0.15) is 0 Å². The largest absolute Gasteiger partial charge is 0.381 e. The highest BCUT2D eigenvalue weighted by molar-refractivity contribution is 7.11. The van der Waals surface area contributed by atoms with E-state index in [2.05, 4.69) is 36.1 Å².